The van der Waals surface area contributed by atoms with Gasteiger partial charge in [0.05, 0.1) is 6.10 Å². The summed E-state index contributed by atoms with van der Waals surface area (Å²) in [5.41, 5.74) is 5.42. The molecule has 0 radical (unpaired) electrons. The number of benzene rings is 2. The third kappa shape index (κ3) is 2.87. The number of rotatable bonds is 2. The molecular weight excluding hydrogens is 356 g/mol. The van der Waals surface area contributed by atoms with Gasteiger partial charge in [-0.1, -0.05) is 55.5 Å². The smallest absolute Gasteiger partial charge is 0.115 e. The van der Waals surface area contributed by atoms with Gasteiger partial charge in [0.25, 0.3) is 0 Å². The van der Waals surface area contributed by atoms with Crippen LogP contribution in [0.2, 0.25) is 0 Å². The molecule has 0 heterocycles. The Morgan fingerprint density at radius 3 is 2.59 bits per heavy atom. The van der Waals surface area contributed by atoms with Crippen LogP contribution in [-0.2, 0) is 6.42 Å². The minimum Gasteiger partial charge on any atom is -0.508 e. The minimum absolute atomic E-state index is 0.172. The van der Waals surface area contributed by atoms with E-state index in [-0.39, 0.29) is 17.4 Å². The Labute approximate surface area is 174 Å². The molecule has 3 aliphatic carbocycles. The molecule has 0 aliphatic heterocycles. The van der Waals surface area contributed by atoms with E-state index in [1.165, 1.54) is 16.7 Å². The van der Waals surface area contributed by atoms with Gasteiger partial charge in [-0.15, -0.1) is 0 Å². The lowest BCUT2D eigenvalue weighted by Gasteiger charge is -2.54. The van der Waals surface area contributed by atoms with Gasteiger partial charge in [0.1, 0.15) is 5.75 Å². The van der Waals surface area contributed by atoms with E-state index < -0.39 is 0 Å². The molecular formula is C27H32O2. The summed E-state index contributed by atoms with van der Waals surface area (Å²) in [4.78, 5) is 0. The van der Waals surface area contributed by atoms with E-state index in [1.807, 2.05) is 12.1 Å². The lowest BCUT2D eigenvalue weighted by Crippen LogP contribution is -2.45. The topological polar surface area (TPSA) is 40.5 Å². The van der Waals surface area contributed by atoms with Crippen molar-refractivity contribution in [1.29, 1.82) is 0 Å². The first-order valence-electron chi connectivity index (χ1n) is 11.1. The zero-order chi connectivity index (χ0) is 20.3. The van der Waals surface area contributed by atoms with Crippen LogP contribution in [0.15, 0.2) is 60.7 Å². The van der Waals surface area contributed by atoms with E-state index >= 15 is 0 Å². The Balaban J connectivity index is 1.68. The fourth-order valence-corrected chi connectivity index (χ4v) is 7.39. The van der Waals surface area contributed by atoms with Crippen molar-refractivity contribution in [2.75, 3.05) is 0 Å². The van der Waals surface area contributed by atoms with Gasteiger partial charge in [0.15, 0.2) is 0 Å². The van der Waals surface area contributed by atoms with Crippen LogP contribution >= 0.6 is 0 Å². The van der Waals surface area contributed by atoms with Crippen molar-refractivity contribution in [2.45, 2.75) is 57.5 Å². The number of fused-ring (bicyclic) bond motifs is 5. The van der Waals surface area contributed by atoms with Crippen LogP contribution in [0.3, 0.4) is 0 Å². The van der Waals surface area contributed by atoms with E-state index in [2.05, 4.69) is 56.8 Å². The van der Waals surface area contributed by atoms with Gasteiger partial charge < -0.3 is 10.2 Å². The predicted molar refractivity (Wildman–Crippen MR) is 117 cm³/mol. The number of hydrogen-bond donors (Lipinski definition) is 2. The van der Waals surface area contributed by atoms with Crippen LogP contribution in [0.4, 0.5) is 0 Å². The molecule has 152 valence electrons. The number of hydrogen-bond acceptors (Lipinski definition) is 2. The second-order valence-electron chi connectivity index (χ2n) is 10.2. The molecule has 0 spiro atoms. The van der Waals surface area contributed by atoms with Gasteiger partial charge in [-0.2, -0.15) is 0 Å². The van der Waals surface area contributed by atoms with Crippen LogP contribution in [0.25, 0.3) is 0 Å². The van der Waals surface area contributed by atoms with Crippen molar-refractivity contribution in [1.82, 2.24) is 0 Å². The number of aliphatic hydroxyl groups excluding tert-OH is 1. The van der Waals surface area contributed by atoms with Crippen molar-refractivity contribution in [3.63, 3.8) is 0 Å². The highest BCUT2D eigenvalue weighted by Crippen LogP contribution is 2.66. The summed E-state index contributed by atoms with van der Waals surface area (Å²) in [5.74, 6) is 2.37. The van der Waals surface area contributed by atoms with Gasteiger partial charge in [-0.3, -0.25) is 0 Å². The van der Waals surface area contributed by atoms with Crippen molar-refractivity contribution in [2.24, 2.45) is 23.2 Å². The van der Waals surface area contributed by atoms with Crippen LogP contribution in [-0.4, -0.2) is 16.3 Å². The summed E-state index contributed by atoms with van der Waals surface area (Å²) in [7, 11) is 0. The van der Waals surface area contributed by atoms with E-state index in [9.17, 15) is 10.2 Å². The maximum Gasteiger partial charge on any atom is 0.115 e. The molecule has 2 N–H and O–H groups in total. The normalized spacial score (nSPS) is 38.0. The third-order valence-electron chi connectivity index (χ3n) is 8.41. The molecule has 29 heavy (non-hydrogen) atoms. The average Bonchev–Trinajstić information content (AvgIpc) is 2.97. The van der Waals surface area contributed by atoms with Crippen LogP contribution in [0.1, 0.15) is 61.6 Å². The Morgan fingerprint density at radius 1 is 1.10 bits per heavy atom. The number of aromatic hydroxyl groups is 1. The number of aliphatic hydroxyl groups is 1. The second kappa shape index (κ2) is 6.74. The summed E-state index contributed by atoms with van der Waals surface area (Å²) in [5, 5.41) is 21.2. The van der Waals surface area contributed by atoms with E-state index in [0.29, 0.717) is 29.4 Å². The maximum atomic E-state index is 11.0. The third-order valence-corrected chi connectivity index (χ3v) is 8.41. The van der Waals surface area contributed by atoms with Crippen molar-refractivity contribution in [3.8, 4) is 5.75 Å². The molecule has 2 fully saturated rings. The van der Waals surface area contributed by atoms with E-state index in [0.717, 1.165) is 31.3 Å². The molecule has 2 saturated carbocycles. The summed E-state index contributed by atoms with van der Waals surface area (Å²) >= 11 is 0. The highest BCUT2D eigenvalue weighted by molar-refractivity contribution is 5.43. The Kier molecular flexibility index (Phi) is 4.40. The van der Waals surface area contributed by atoms with Gasteiger partial charge in [0.2, 0.25) is 0 Å². The summed E-state index contributed by atoms with van der Waals surface area (Å²) in [6.07, 6.45) is 3.89. The first-order valence-corrected chi connectivity index (χ1v) is 11.1. The first kappa shape index (κ1) is 18.9. The molecule has 2 aromatic carbocycles. The number of phenolic OH excluding ortho intramolecular Hbond substituents is 1. The zero-order valence-electron chi connectivity index (χ0n) is 17.5. The quantitative estimate of drug-likeness (QED) is 0.638. The molecule has 3 aliphatic rings. The summed E-state index contributed by atoms with van der Waals surface area (Å²) in [6.45, 7) is 8.83. The highest BCUT2D eigenvalue weighted by Gasteiger charge is 2.59. The SMILES string of the molecule is C=C(C)C1[C@@H](O)C[C@@]2(C)CC[C@@H]3c4ccc(O)cc4C[C@@H](c4ccccc4)[C@H]3[C@H]12. The molecule has 0 bridgehead atoms. The molecule has 2 heteroatoms. The van der Waals surface area contributed by atoms with Crippen molar-refractivity contribution >= 4 is 0 Å². The highest BCUT2D eigenvalue weighted by atomic mass is 16.3. The standard InChI is InChI=1S/C27H32O2/c1-16(2)24-23(29)15-27(3)12-11-21-20-10-9-19(28)13-18(20)14-22(25(21)26(24)27)17-7-5-4-6-8-17/h4-10,13,21-26,28-29H,1,11-12,14-15H2,2-3H3/t21-,22+,23+,24?,25+,26+,27-/m1/s1. The van der Waals surface area contributed by atoms with Gasteiger partial charge >= 0.3 is 0 Å². The molecule has 7 atom stereocenters. The van der Waals surface area contributed by atoms with E-state index in [1.54, 1.807) is 0 Å². The Hall–Kier alpha value is -2.06. The van der Waals surface area contributed by atoms with Gasteiger partial charge in [-0.05, 0) is 90.5 Å². The maximum absolute atomic E-state index is 11.0. The largest absolute Gasteiger partial charge is 0.508 e. The second-order valence-corrected chi connectivity index (χ2v) is 10.2. The minimum atomic E-state index is -0.279. The molecule has 2 aromatic rings. The van der Waals surface area contributed by atoms with Crippen LogP contribution in [0.5, 0.6) is 5.75 Å². The van der Waals surface area contributed by atoms with Crippen LogP contribution < -0.4 is 0 Å². The monoisotopic (exact) mass is 388 g/mol. The fourth-order valence-electron chi connectivity index (χ4n) is 7.39. The van der Waals surface area contributed by atoms with E-state index in [4.69, 9.17) is 0 Å². The Morgan fingerprint density at radius 2 is 1.86 bits per heavy atom. The molecule has 0 amide bonds. The summed E-state index contributed by atoms with van der Waals surface area (Å²) in [6, 6.07) is 16.9. The molecule has 0 aromatic heterocycles. The molecule has 0 saturated heterocycles. The van der Waals surface area contributed by atoms with Gasteiger partial charge in [0, 0.05) is 5.92 Å². The summed E-state index contributed by atoms with van der Waals surface area (Å²) < 4.78 is 0. The lowest BCUT2D eigenvalue weighted by atomic mass is 9.50. The Bertz CT molecular complexity index is 933. The van der Waals surface area contributed by atoms with Crippen molar-refractivity contribution in [3.05, 3.63) is 77.4 Å². The number of phenols is 1. The predicted octanol–water partition coefficient (Wildman–Crippen LogP) is 5.81. The average molecular weight is 389 g/mol. The van der Waals surface area contributed by atoms with Crippen molar-refractivity contribution < 1.29 is 10.2 Å². The fraction of sp³-hybridized carbons (Fsp3) is 0.481. The molecule has 1 unspecified atom stereocenters. The van der Waals surface area contributed by atoms with Gasteiger partial charge in [-0.25, -0.2) is 0 Å². The molecule has 5 rings (SSSR count). The molecule has 2 nitrogen and oxygen atoms in total. The lowest BCUT2D eigenvalue weighted by molar-refractivity contribution is 0.0280. The van der Waals surface area contributed by atoms with Crippen LogP contribution in [0, 0.1) is 23.2 Å². The zero-order valence-corrected chi connectivity index (χ0v) is 17.5. The first-order chi connectivity index (χ1) is 13.9.